The van der Waals surface area contributed by atoms with Gasteiger partial charge in [0.15, 0.2) is 0 Å². The van der Waals surface area contributed by atoms with Gasteiger partial charge < -0.3 is 19.9 Å². The van der Waals surface area contributed by atoms with Crippen molar-refractivity contribution in [3.05, 3.63) is 73.1 Å². The molecular weight excluding hydrogens is 580 g/mol. The molecule has 2 aromatic carbocycles. The predicted molar refractivity (Wildman–Crippen MR) is 157 cm³/mol. The van der Waals surface area contributed by atoms with Gasteiger partial charge in [0, 0.05) is 49.7 Å². The lowest BCUT2D eigenvalue weighted by atomic mass is 9.88. The zero-order chi connectivity index (χ0) is 29.8. The summed E-state index contributed by atoms with van der Waals surface area (Å²) < 4.78 is 66.5. The maximum absolute atomic E-state index is 13.4. The van der Waals surface area contributed by atoms with Crippen LogP contribution in [0.5, 0.6) is 5.75 Å². The van der Waals surface area contributed by atoms with E-state index in [2.05, 4.69) is 15.0 Å². The first-order valence-corrected chi connectivity index (χ1v) is 16.8. The first-order chi connectivity index (χ1) is 20.1. The van der Waals surface area contributed by atoms with Gasteiger partial charge in [0.2, 0.25) is 20.0 Å². The lowest BCUT2D eigenvalue weighted by Gasteiger charge is -2.38. The van der Waals surface area contributed by atoms with Crippen molar-refractivity contribution in [1.29, 1.82) is 0 Å². The summed E-state index contributed by atoms with van der Waals surface area (Å²) >= 11 is 0. The molecule has 2 saturated heterocycles. The largest absolute Gasteiger partial charge is 0.491 e. The lowest BCUT2D eigenvalue weighted by Crippen LogP contribution is -2.47. The molecule has 226 valence electrons. The highest BCUT2D eigenvalue weighted by Crippen LogP contribution is 2.37. The average molecular weight is 617 g/mol. The minimum absolute atomic E-state index is 0.0103. The van der Waals surface area contributed by atoms with Crippen LogP contribution >= 0.6 is 0 Å². The van der Waals surface area contributed by atoms with Crippen molar-refractivity contribution in [2.24, 2.45) is 0 Å². The number of aliphatic hydroxyl groups excluding tert-OH is 1. The third-order valence-corrected chi connectivity index (χ3v) is 11.1. The number of piperidine rings is 1. The van der Waals surface area contributed by atoms with E-state index in [1.54, 1.807) is 42.7 Å². The molecule has 0 radical (unpaired) electrons. The van der Waals surface area contributed by atoms with Crippen LogP contribution in [0.2, 0.25) is 0 Å². The van der Waals surface area contributed by atoms with Crippen LogP contribution in [0.3, 0.4) is 0 Å². The third-order valence-electron chi connectivity index (χ3n) is 7.78. The fraction of sp³-hybridized carbons (Fsp3) is 0.414. The number of pyridine rings is 1. The molecule has 2 aliphatic heterocycles. The minimum atomic E-state index is -3.66. The van der Waals surface area contributed by atoms with Gasteiger partial charge in [0.1, 0.15) is 18.5 Å². The van der Waals surface area contributed by atoms with E-state index in [1.165, 1.54) is 23.5 Å². The van der Waals surface area contributed by atoms with Crippen molar-refractivity contribution in [2.75, 3.05) is 39.9 Å². The zero-order valence-corrected chi connectivity index (χ0v) is 25.0. The van der Waals surface area contributed by atoms with E-state index in [0.29, 0.717) is 38.3 Å². The smallest absolute Gasteiger partial charge is 0.243 e. The Bertz CT molecular complexity index is 1580. The monoisotopic (exact) mass is 616 g/mol. The number of aliphatic hydroxyl groups is 1. The molecule has 2 aliphatic rings. The van der Waals surface area contributed by atoms with Crippen LogP contribution in [-0.2, 0) is 24.8 Å². The third kappa shape index (κ3) is 7.00. The summed E-state index contributed by atoms with van der Waals surface area (Å²) in [5.74, 6) is 0.346. The van der Waals surface area contributed by atoms with E-state index in [4.69, 9.17) is 9.47 Å². The van der Waals surface area contributed by atoms with Crippen molar-refractivity contribution in [2.45, 2.75) is 46.8 Å². The Morgan fingerprint density at radius 2 is 1.79 bits per heavy atom. The summed E-state index contributed by atoms with van der Waals surface area (Å²) in [5.41, 5.74) is 1.26. The highest BCUT2D eigenvalue weighted by molar-refractivity contribution is 7.89. The van der Waals surface area contributed by atoms with Gasteiger partial charge >= 0.3 is 0 Å². The molecule has 2 fully saturated rings. The fourth-order valence-electron chi connectivity index (χ4n) is 5.38. The average Bonchev–Trinajstić information content (AvgIpc) is 3.41. The number of benzene rings is 2. The predicted octanol–water partition coefficient (Wildman–Crippen LogP) is 2.00. The van der Waals surface area contributed by atoms with Gasteiger partial charge in [0.05, 0.1) is 22.0 Å². The second-order valence-electron chi connectivity index (χ2n) is 10.6. The Morgan fingerprint density at radius 3 is 2.52 bits per heavy atom. The van der Waals surface area contributed by atoms with Gasteiger partial charge in [-0.2, -0.15) is 4.31 Å². The van der Waals surface area contributed by atoms with E-state index >= 15 is 0 Å². The summed E-state index contributed by atoms with van der Waals surface area (Å²) in [4.78, 5) is 4.47. The number of ether oxygens (including phenoxy) is 2. The van der Waals surface area contributed by atoms with Crippen molar-refractivity contribution in [3.63, 3.8) is 0 Å². The molecule has 1 aromatic heterocycles. The Balaban J connectivity index is 1.10. The second-order valence-corrected chi connectivity index (χ2v) is 14.4. The molecular formula is C29H36N4O7S2. The van der Waals surface area contributed by atoms with Gasteiger partial charge in [-0.25, -0.2) is 21.6 Å². The van der Waals surface area contributed by atoms with Crippen LogP contribution in [0.1, 0.15) is 19.3 Å². The molecule has 3 heterocycles. The zero-order valence-electron chi connectivity index (χ0n) is 23.3. The fourth-order valence-corrected chi connectivity index (χ4v) is 7.63. The maximum atomic E-state index is 13.4. The minimum Gasteiger partial charge on any atom is -0.491 e. The van der Waals surface area contributed by atoms with E-state index in [1.807, 2.05) is 18.2 Å². The van der Waals surface area contributed by atoms with Crippen molar-refractivity contribution >= 4 is 20.0 Å². The number of nitrogens with one attached hydrogen (secondary N) is 2. The van der Waals surface area contributed by atoms with E-state index in [0.717, 1.165) is 17.5 Å². The van der Waals surface area contributed by atoms with Crippen LogP contribution in [0.25, 0.3) is 11.1 Å². The van der Waals surface area contributed by atoms with Crippen molar-refractivity contribution < 1.29 is 31.4 Å². The van der Waals surface area contributed by atoms with Crippen LogP contribution in [0, 0.1) is 0 Å². The van der Waals surface area contributed by atoms with Gasteiger partial charge in [-0.05, 0) is 62.2 Å². The molecule has 1 spiro atoms. The Kier molecular flexibility index (Phi) is 9.28. The van der Waals surface area contributed by atoms with Crippen LogP contribution in [0.4, 0.5) is 0 Å². The molecule has 2 atom stereocenters. The van der Waals surface area contributed by atoms with E-state index in [9.17, 15) is 21.9 Å². The molecule has 0 amide bonds. The number of sulfonamides is 2. The molecule has 0 bridgehead atoms. The Hall–Kier alpha value is -2.91. The first-order valence-electron chi connectivity index (χ1n) is 13.8. The maximum Gasteiger partial charge on any atom is 0.243 e. The highest BCUT2D eigenvalue weighted by Gasteiger charge is 2.44. The van der Waals surface area contributed by atoms with Crippen LogP contribution in [0.15, 0.2) is 82.8 Å². The summed E-state index contributed by atoms with van der Waals surface area (Å²) in [6.45, 7) is 1.46. The van der Waals surface area contributed by atoms with Crippen LogP contribution < -0.4 is 14.8 Å². The van der Waals surface area contributed by atoms with Gasteiger partial charge in [0.25, 0.3) is 0 Å². The number of hydrogen-bond acceptors (Lipinski definition) is 9. The van der Waals surface area contributed by atoms with Gasteiger partial charge in [-0.15, -0.1) is 0 Å². The molecule has 0 aliphatic carbocycles. The molecule has 1 unspecified atom stereocenters. The molecule has 13 heteroatoms. The summed E-state index contributed by atoms with van der Waals surface area (Å²) in [6.07, 6.45) is 4.46. The molecule has 11 nitrogen and oxygen atoms in total. The van der Waals surface area contributed by atoms with Crippen molar-refractivity contribution in [3.8, 4) is 16.9 Å². The number of hydrogen-bond donors (Lipinski definition) is 3. The quantitative estimate of drug-likeness (QED) is 0.294. The standard InChI is InChI=1S/C29H36N4O7S2/c1-30-41(35,36)27-8-3-7-26(16-27)39-21-25(34)19-32-24-17-29(40-20-24)10-13-33(14-11-29)42(37,38)28-9-2-5-22(15-28)23-6-4-12-31-18-23/h2-9,12,15-16,18,24-25,30,32,34H,10-11,13-14,17,19-21H2,1H3/t24-,25?/m0/s1. The number of aromatic nitrogens is 1. The Morgan fingerprint density at radius 1 is 1.05 bits per heavy atom. The summed E-state index contributed by atoms with van der Waals surface area (Å²) in [7, 11) is -5.91. The molecule has 0 saturated carbocycles. The molecule has 3 N–H and O–H groups in total. The Labute approximate surface area is 247 Å². The number of nitrogens with zero attached hydrogens (tertiary/aromatic N) is 2. The summed E-state index contributed by atoms with van der Waals surface area (Å²) in [6, 6.07) is 16.8. The lowest BCUT2D eigenvalue weighted by molar-refractivity contribution is -0.0312. The number of rotatable bonds is 11. The van der Waals surface area contributed by atoms with Crippen LogP contribution in [-0.4, -0.2) is 88.9 Å². The summed E-state index contributed by atoms with van der Waals surface area (Å²) in [5, 5.41) is 13.8. The second kappa shape index (κ2) is 12.8. The van der Waals surface area contributed by atoms with E-state index < -0.39 is 31.8 Å². The van der Waals surface area contributed by atoms with Crippen molar-refractivity contribution in [1.82, 2.24) is 19.3 Å². The molecule has 42 heavy (non-hydrogen) atoms. The normalized spacial score (nSPS) is 20.0. The first kappa shape index (κ1) is 30.5. The van der Waals surface area contributed by atoms with E-state index in [-0.39, 0.29) is 29.0 Å². The van der Waals surface area contributed by atoms with Gasteiger partial charge in [-0.3, -0.25) is 4.98 Å². The molecule has 5 rings (SSSR count). The SMILES string of the molecule is CNS(=O)(=O)c1cccc(OCC(O)CN[C@@H]2COC3(CCN(S(=O)(=O)c4cccc(-c5cccnc5)c4)CC3)C2)c1. The highest BCUT2D eigenvalue weighted by atomic mass is 32.2. The molecule has 3 aromatic rings. The topological polar surface area (TPSA) is 147 Å². The van der Waals surface area contributed by atoms with Gasteiger partial charge in [-0.1, -0.05) is 24.3 Å².